The summed E-state index contributed by atoms with van der Waals surface area (Å²) in [6, 6.07) is 12.6. The number of likely N-dealkylation sites (tertiary alicyclic amines) is 1. The normalized spacial score (nSPS) is 16.5. The highest BCUT2D eigenvalue weighted by Crippen LogP contribution is 2.35. The van der Waals surface area contributed by atoms with Crippen molar-refractivity contribution in [3.8, 4) is 22.6 Å². The van der Waals surface area contributed by atoms with Gasteiger partial charge < -0.3 is 10.3 Å². The van der Waals surface area contributed by atoms with Crippen LogP contribution in [0.3, 0.4) is 0 Å². The molecule has 0 spiro atoms. The predicted molar refractivity (Wildman–Crippen MR) is 121 cm³/mol. The standard InChI is InChI=1S/C24H24FN7/c1-16-2-7-19(28-12-16)13-31-11-9-20(14-31)32-15-29-22(17-3-5-18(25)6-4-17)23(32)21-8-10-27-24(26)30-21/h2-8,10,12,15,20H,9,11,13-14H2,1H3,(H2,26,27,30). The lowest BCUT2D eigenvalue weighted by Crippen LogP contribution is -2.22. The molecule has 7 nitrogen and oxygen atoms in total. The van der Waals surface area contributed by atoms with E-state index >= 15 is 0 Å². The number of rotatable bonds is 5. The first-order valence-corrected chi connectivity index (χ1v) is 10.6. The Bertz CT molecular complexity index is 1220. The SMILES string of the molecule is Cc1ccc(CN2CCC(n3cnc(-c4ccc(F)cc4)c3-c3ccnc(N)n3)C2)nc1. The second-order valence-electron chi connectivity index (χ2n) is 8.16. The number of benzene rings is 1. The number of nitrogen functional groups attached to an aromatic ring is 1. The van der Waals surface area contributed by atoms with Gasteiger partial charge in [0.2, 0.25) is 5.95 Å². The maximum Gasteiger partial charge on any atom is 0.220 e. The summed E-state index contributed by atoms with van der Waals surface area (Å²) in [5.74, 6) is -0.0732. The average Bonchev–Trinajstić information content (AvgIpc) is 3.43. The van der Waals surface area contributed by atoms with E-state index in [0.717, 1.165) is 54.3 Å². The average molecular weight is 430 g/mol. The molecule has 0 saturated carbocycles. The highest BCUT2D eigenvalue weighted by atomic mass is 19.1. The number of hydrogen-bond donors (Lipinski definition) is 1. The molecular weight excluding hydrogens is 405 g/mol. The third-order valence-corrected chi connectivity index (χ3v) is 5.83. The third-order valence-electron chi connectivity index (χ3n) is 5.83. The first-order valence-electron chi connectivity index (χ1n) is 10.6. The molecule has 1 aromatic carbocycles. The first kappa shape index (κ1) is 20.3. The molecule has 4 aromatic rings. The Labute approximate surface area is 185 Å². The monoisotopic (exact) mass is 429 g/mol. The number of imidazole rings is 1. The minimum absolute atomic E-state index is 0.207. The summed E-state index contributed by atoms with van der Waals surface area (Å²) in [6.45, 7) is 4.70. The van der Waals surface area contributed by atoms with E-state index in [4.69, 9.17) is 10.7 Å². The molecule has 0 bridgehead atoms. The quantitative estimate of drug-likeness (QED) is 0.518. The van der Waals surface area contributed by atoms with Crippen molar-refractivity contribution in [2.24, 2.45) is 0 Å². The van der Waals surface area contributed by atoms with Crippen LogP contribution in [-0.2, 0) is 6.54 Å². The van der Waals surface area contributed by atoms with Crippen molar-refractivity contribution in [3.63, 3.8) is 0 Å². The summed E-state index contributed by atoms with van der Waals surface area (Å²) in [7, 11) is 0. The van der Waals surface area contributed by atoms with Crippen LogP contribution in [0.15, 0.2) is 61.2 Å². The molecule has 0 amide bonds. The van der Waals surface area contributed by atoms with Crippen LogP contribution in [0, 0.1) is 12.7 Å². The second kappa shape index (κ2) is 8.47. The first-order chi connectivity index (χ1) is 15.6. The highest BCUT2D eigenvalue weighted by molar-refractivity contribution is 5.77. The zero-order valence-electron chi connectivity index (χ0n) is 17.8. The van der Waals surface area contributed by atoms with Gasteiger partial charge in [0.15, 0.2) is 0 Å². The largest absolute Gasteiger partial charge is 0.368 e. The van der Waals surface area contributed by atoms with Gasteiger partial charge in [-0.3, -0.25) is 9.88 Å². The summed E-state index contributed by atoms with van der Waals surface area (Å²) in [4.78, 5) is 20.1. The van der Waals surface area contributed by atoms with E-state index in [1.807, 2.05) is 25.5 Å². The zero-order chi connectivity index (χ0) is 22.1. The smallest absolute Gasteiger partial charge is 0.220 e. The number of aryl methyl sites for hydroxylation is 1. The molecule has 1 fully saturated rings. The van der Waals surface area contributed by atoms with Gasteiger partial charge in [0.1, 0.15) is 5.82 Å². The van der Waals surface area contributed by atoms with E-state index in [1.54, 1.807) is 18.3 Å². The molecular formula is C24H24FN7. The predicted octanol–water partition coefficient (Wildman–Crippen LogP) is 3.88. The van der Waals surface area contributed by atoms with E-state index in [1.165, 1.54) is 12.1 Å². The van der Waals surface area contributed by atoms with Crippen LogP contribution in [0.2, 0.25) is 0 Å². The van der Waals surface area contributed by atoms with Crippen molar-refractivity contribution < 1.29 is 4.39 Å². The van der Waals surface area contributed by atoms with Crippen LogP contribution < -0.4 is 5.73 Å². The number of aromatic nitrogens is 5. The van der Waals surface area contributed by atoms with E-state index in [-0.39, 0.29) is 17.8 Å². The molecule has 5 rings (SSSR count). The van der Waals surface area contributed by atoms with Gasteiger partial charge in [0, 0.05) is 43.6 Å². The van der Waals surface area contributed by atoms with Crippen LogP contribution in [0.25, 0.3) is 22.6 Å². The van der Waals surface area contributed by atoms with E-state index in [2.05, 4.69) is 36.6 Å². The van der Waals surface area contributed by atoms with Gasteiger partial charge >= 0.3 is 0 Å². The van der Waals surface area contributed by atoms with E-state index < -0.39 is 0 Å². The molecule has 1 atom stereocenters. The van der Waals surface area contributed by atoms with Gasteiger partial charge in [-0.05, 0) is 55.3 Å². The molecule has 4 heterocycles. The third kappa shape index (κ3) is 4.09. The Hall–Kier alpha value is -3.65. The molecule has 1 saturated heterocycles. The minimum Gasteiger partial charge on any atom is -0.368 e. The van der Waals surface area contributed by atoms with Crippen molar-refractivity contribution >= 4 is 5.95 Å². The summed E-state index contributed by atoms with van der Waals surface area (Å²) >= 11 is 0. The van der Waals surface area contributed by atoms with Crippen LogP contribution in [0.5, 0.6) is 0 Å². The Morgan fingerprint density at radius 1 is 1.06 bits per heavy atom. The van der Waals surface area contributed by atoms with Gasteiger partial charge in [0.25, 0.3) is 0 Å². The molecule has 1 unspecified atom stereocenters. The van der Waals surface area contributed by atoms with Crippen LogP contribution in [0.1, 0.15) is 23.7 Å². The number of halogens is 1. The van der Waals surface area contributed by atoms with E-state index in [0.29, 0.717) is 5.69 Å². The molecule has 32 heavy (non-hydrogen) atoms. The molecule has 0 radical (unpaired) electrons. The summed E-state index contributed by atoms with van der Waals surface area (Å²) in [5.41, 5.74) is 11.3. The van der Waals surface area contributed by atoms with Gasteiger partial charge in [-0.25, -0.2) is 19.3 Å². The van der Waals surface area contributed by atoms with Crippen LogP contribution in [-0.4, -0.2) is 42.5 Å². The molecule has 0 aliphatic carbocycles. The molecule has 8 heteroatoms. The molecule has 1 aliphatic heterocycles. The lowest BCUT2D eigenvalue weighted by molar-refractivity contribution is 0.313. The van der Waals surface area contributed by atoms with Gasteiger partial charge in [-0.2, -0.15) is 0 Å². The lowest BCUT2D eigenvalue weighted by Gasteiger charge is -2.18. The summed E-state index contributed by atoms with van der Waals surface area (Å²) in [5, 5.41) is 0. The fourth-order valence-electron chi connectivity index (χ4n) is 4.22. The molecule has 1 aliphatic rings. The van der Waals surface area contributed by atoms with Crippen molar-refractivity contribution in [3.05, 3.63) is 78.3 Å². The summed E-state index contributed by atoms with van der Waals surface area (Å²) < 4.78 is 15.7. The minimum atomic E-state index is -0.280. The fraction of sp³-hybridized carbons (Fsp3) is 0.250. The van der Waals surface area contributed by atoms with Crippen molar-refractivity contribution in [2.75, 3.05) is 18.8 Å². The van der Waals surface area contributed by atoms with Gasteiger partial charge in [-0.1, -0.05) is 6.07 Å². The van der Waals surface area contributed by atoms with Crippen molar-refractivity contribution in [1.29, 1.82) is 0 Å². The topological polar surface area (TPSA) is 85.8 Å². The number of hydrogen-bond acceptors (Lipinski definition) is 6. The number of pyridine rings is 1. The van der Waals surface area contributed by atoms with Crippen LogP contribution >= 0.6 is 0 Å². The van der Waals surface area contributed by atoms with Crippen molar-refractivity contribution in [1.82, 2.24) is 29.4 Å². The van der Waals surface area contributed by atoms with Crippen molar-refractivity contribution in [2.45, 2.75) is 25.9 Å². The molecule has 2 N–H and O–H groups in total. The maximum absolute atomic E-state index is 13.5. The van der Waals surface area contributed by atoms with Gasteiger partial charge in [-0.15, -0.1) is 0 Å². The lowest BCUT2D eigenvalue weighted by atomic mass is 10.1. The Morgan fingerprint density at radius 3 is 2.66 bits per heavy atom. The molecule has 3 aromatic heterocycles. The molecule has 162 valence electrons. The van der Waals surface area contributed by atoms with Crippen LogP contribution in [0.4, 0.5) is 10.3 Å². The highest BCUT2D eigenvalue weighted by Gasteiger charge is 2.28. The zero-order valence-corrected chi connectivity index (χ0v) is 17.8. The number of anilines is 1. The Kier molecular flexibility index (Phi) is 5.36. The summed E-state index contributed by atoms with van der Waals surface area (Å²) in [6.07, 6.45) is 6.39. The van der Waals surface area contributed by atoms with E-state index in [9.17, 15) is 4.39 Å². The number of nitrogens with zero attached hydrogens (tertiary/aromatic N) is 6. The Balaban J connectivity index is 1.47. The second-order valence-corrected chi connectivity index (χ2v) is 8.16. The van der Waals surface area contributed by atoms with Gasteiger partial charge in [0.05, 0.1) is 29.1 Å². The fourth-order valence-corrected chi connectivity index (χ4v) is 4.22. The maximum atomic E-state index is 13.5. The Morgan fingerprint density at radius 2 is 1.91 bits per heavy atom. The number of nitrogens with two attached hydrogens (primary N) is 1.